The van der Waals surface area contributed by atoms with Crippen LogP contribution in [0, 0.1) is 0 Å². The summed E-state index contributed by atoms with van der Waals surface area (Å²) in [5.41, 5.74) is 0.622. The van der Waals surface area contributed by atoms with Crippen LogP contribution in [-0.4, -0.2) is 43.8 Å². The molecule has 1 aromatic rings. The lowest BCUT2D eigenvalue weighted by molar-refractivity contribution is -0.159. The molecule has 0 fully saturated rings. The van der Waals surface area contributed by atoms with Gasteiger partial charge in [-0.1, -0.05) is 0 Å². The molecule has 0 aliphatic rings. The Bertz CT molecular complexity index is 484. The molecule has 0 bridgehead atoms. The van der Waals surface area contributed by atoms with Crippen LogP contribution in [0.3, 0.4) is 0 Å². The molecule has 0 aliphatic heterocycles. The van der Waals surface area contributed by atoms with E-state index in [1.54, 1.807) is 14.1 Å². The summed E-state index contributed by atoms with van der Waals surface area (Å²) in [7, 11) is 3.17. The summed E-state index contributed by atoms with van der Waals surface area (Å²) in [6, 6.07) is 5.68. The molecule has 110 valence electrons. The number of halogens is 3. The van der Waals surface area contributed by atoms with E-state index in [1.807, 2.05) is 0 Å². The number of carbonyl (C=O) groups is 2. The van der Waals surface area contributed by atoms with Gasteiger partial charge in [0.1, 0.15) is 0 Å². The molecule has 0 unspecified atom stereocenters. The van der Waals surface area contributed by atoms with Gasteiger partial charge in [0.05, 0.1) is 0 Å². The van der Waals surface area contributed by atoms with E-state index in [2.05, 4.69) is 10.1 Å². The van der Waals surface area contributed by atoms with Crippen molar-refractivity contribution in [3.8, 4) is 0 Å². The Balaban J connectivity index is 2.57. The number of benzene rings is 1. The van der Waals surface area contributed by atoms with Crippen LogP contribution in [0.25, 0.3) is 0 Å². The first kappa shape index (κ1) is 15.8. The zero-order valence-electron chi connectivity index (χ0n) is 10.8. The monoisotopic (exact) mass is 290 g/mol. The number of nitrogens with zero attached hydrogens (tertiary/aromatic N) is 1. The quantitative estimate of drug-likeness (QED) is 0.930. The molecule has 0 saturated heterocycles. The van der Waals surface area contributed by atoms with Gasteiger partial charge >= 0.3 is 12.3 Å². The van der Waals surface area contributed by atoms with E-state index in [9.17, 15) is 22.8 Å². The highest BCUT2D eigenvalue weighted by Crippen LogP contribution is 2.15. The summed E-state index contributed by atoms with van der Waals surface area (Å²) in [6.07, 6.45) is -5.78. The Kier molecular flexibility index (Phi) is 4.95. The van der Waals surface area contributed by atoms with Crippen molar-refractivity contribution >= 4 is 17.7 Å². The first-order valence-corrected chi connectivity index (χ1v) is 5.51. The summed E-state index contributed by atoms with van der Waals surface area (Å²) >= 11 is 0. The summed E-state index contributed by atoms with van der Waals surface area (Å²) in [4.78, 5) is 24.0. The minimum Gasteiger partial charge on any atom is -0.440 e. The van der Waals surface area contributed by atoms with Gasteiger partial charge in [0.25, 0.3) is 5.91 Å². The average Bonchev–Trinajstić information content (AvgIpc) is 2.35. The maximum Gasteiger partial charge on any atom is 0.422 e. The predicted molar refractivity (Wildman–Crippen MR) is 65.5 cm³/mol. The molecule has 0 aromatic heterocycles. The minimum absolute atomic E-state index is 0.226. The van der Waals surface area contributed by atoms with E-state index in [1.165, 1.54) is 29.2 Å². The van der Waals surface area contributed by atoms with Gasteiger partial charge in [-0.2, -0.15) is 13.2 Å². The number of ether oxygens (including phenoxy) is 1. The van der Waals surface area contributed by atoms with Crippen molar-refractivity contribution in [3.05, 3.63) is 29.8 Å². The van der Waals surface area contributed by atoms with Crippen LogP contribution in [0.1, 0.15) is 10.4 Å². The highest BCUT2D eigenvalue weighted by molar-refractivity contribution is 5.94. The van der Waals surface area contributed by atoms with E-state index in [0.29, 0.717) is 5.56 Å². The summed E-state index contributed by atoms with van der Waals surface area (Å²) in [5, 5.41) is 2.12. The molecule has 0 aliphatic carbocycles. The molecule has 0 radical (unpaired) electrons. The largest absolute Gasteiger partial charge is 0.440 e. The van der Waals surface area contributed by atoms with Crippen molar-refractivity contribution in [1.29, 1.82) is 0 Å². The van der Waals surface area contributed by atoms with Gasteiger partial charge in [-0.15, -0.1) is 0 Å². The third-order valence-corrected chi connectivity index (χ3v) is 2.15. The third-order valence-electron chi connectivity index (χ3n) is 2.15. The van der Waals surface area contributed by atoms with Crippen LogP contribution in [-0.2, 0) is 4.74 Å². The second-order valence-corrected chi connectivity index (χ2v) is 4.09. The first-order chi connectivity index (χ1) is 9.19. The second kappa shape index (κ2) is 6.27. The topological polar surface area (TPSA) is 58.6 Å². The number of carbonyl (C=O) groups excluding carboxylic acids is 2. The van der Waals surface area contributed by atoms with Crippen LogP contribution in [0.5, 0.6) is 0 Å². The number of hydrogen-bond donors (Lipinski definition) is 1. The Morgan fingerprint density at radius 3 is 2.20 bits per heavy atom. The lowest BCUT2D eigenvalue weighted by Gasteiger charge is -2.11. The molecule has 2 amide bonds. The zero-order chi connectivity index (χ0) is 15.3. The number of nitrogens with one attached hydrogen (secondary N) is 1. The fourth-order valence-corrected chi connectivity index (χ4v) is 1.26. The van der Waals surface area contributed by atoms with Gasteiger partial charge in [0.2, 0.25) is 0 Å². The average molecular weight is 290 g/mol. The van der Waals surface area contributed by atoms with Crippen molar-refractivity contribution < 1.29 is 27.5 Å². The molecule has 5 nitrogen and oxygen atoms in total. The molecule has 0 spiro atoms. The predicted octanol–water partition coefficient (Wildman–Crippen LogP) is 2.50. The molecule has 1 aromatic carbocycles. The van der Waals surface area contributed by atoms with Gasteiger partial charge in [0.15, 0.2) is 6.61 Å². The lowest BCUT2D eigenvalue weighted by atomic mass is 10.2. The standard InChI is InChI=1S/C12H13F3N2O3/c1-17(2)10(18)8-3-5-9(6-4-8)16-11(19)20-7-12(13,14)15/h3-6H,7H2,1-2H3,(H,16,19). The van der Waals surface area contributed by atoms with Crippen LogP contribution < -0.4 is 5.32 Å². The SMILES string of the molecule is CN(C)C(=O)c1ccc(NC(=O)OCC(F)(F)F)cc1. The van der Waals surface area contributed by atoms with Crippen LogP contribution in [0.2, 0.25) is 0 Å². The summed E-state index contributed by atoms with van der Waals surface area (Å²) in [5.74, 6) is -0.226. The highest BCUT2D eigenvalue weighted by atomic mass is 19.4. The van der Waals surface area contributed by atoms with Gasteiger partial charge in [-0.05, 0) is 24.3 Å². The molecule has 0 saturated carbocycles. The first-order valence-electron chi connectivity index (χ1n) is 5.51. The molecule has 1 N–H and O–H groups in total. The summed E-state index contributed by atoms with van der Waals surface area (Å²) in [6.45, 7) is -1.66. The van der Waals surface area contributed by atoms with E-state index in [0.717, 1.165) is 0 Å². The molecule has 0 atom stereocenters. The van der Waals surface area contributed by atoms with Crippen molar-refractivity contribution in [1.82, 2.24) is 4.90 Å². The second-order valence-electron chi connectivity index (χ2n) is 4.09. The number of amides is 2. The van der Waals surface area contributed by atoms with E-state index < -0.39 is 18.9 Å². The van der Waals surface area contributed by atoms with E-state index in [-0.39, 0.29) is 11.6 Å². The van der Waals surface area contributed by atoms with Crippen molar-refractivity contribution in [3.63, 3.8) is 0 Å². The van der Waals surface area contributed by atoms with Gasteiger partial charge in [-0.3, -0.25) is 10.1 Å². The number of anilines is 1. The fourth-order valence-electron chi connectivity index (χ4n) is 1.26. The Hall–Kier alpha value is -2.25. The van der Waals surface area contributed by atoms with Crippen molar-refractivity contribution in [2.45, 2.75) is 6.18 Å². The number of hydrogen-bond acceptors (Lipinski definition) is 3. The van der Waals surface area contributed by atoms with Crippen molar-refractivity contribution in [2.75, 3.05) is 26.0 Å². The Morgan fingerprint density at radius 2 is 1.75 bits per heavy atom. The Morgan fingerprint density at radius 1 is 1.20 bits per heavy atom. The number of alkyl halides is 3. The lowest BCUT2D eigenvalue weighted by Crippen LogP contribution is -2.23. The molecule has 1 rings (SSSR count). The normalized spacial score (nSPS) is 10.8. The van der Waals surface area contributed by atoms with Gasteiger partial charge in [0, 0.05) is 25.3 Å². The van der Waals surface area contributed by atoms with E-state index in [4.69, 9.17) is 0 Å². The molecule has 20 heavy (non-hydrogen) atoms. The van der Waals surface area contributed by atoms with Crippen LogP contribution in [0.4, 0.5) is 23.7 Å². The number of rotatable bonds is 3. The van der Waals surface area contributed by atoms with Gasteiger partial charge < -0.3 is 9.64 Å². The zero-order valence-corrected chi connectivity index (χ0v) is 10.8. The minimum atomic E-state index is -4.57. The highest BCUT2D eigenvalue weighted by Gasteiger charge is 2.29. The molecule has 0 heterocycles. The van der Waals surface area contributed by atoms with E-state index >= 15 is 0 Å². The molecular weight excluding hydrogens is 277 g/mol. The van der Waals surface area contributed by atoms with Gasteiger partial charge in [-0.25, -0.2) is 4.79 Å². The van der Waals surface area contributed by atoms with Crippen LogP contribution >= 0.6 is 0 Å². The van der Waals surface area contributed by atoms with Crippen molar-refractivity contribution in [2.24, 2.45) is 0 Å². The van der Waals surface area contributed by atoms with Crippen LogP contribution in [0.15, 0.2) is 24.3 Å². The molecule has 8 heteroatoms. The smallest absolute Gasteiger partial charge is 0.422 e. The molecular formula is C12H13F3N2O3. The third kappa shape index (κ3) is 5.17. The maximum atomic E-state index is 11.8. The Labute approximate surface area is 113 Å². The summed E-state index contributed by atoms with van der Waals surface area (Å²) < 4.78 is 39.5. The fraction of sp³-hybridized carbons (Fsp3) is 0.333. The maximum absolute atomic E-state index is 11.8.